The highest BCUT2D eigenvalue weighted by molar-refractivity contribution is 5.16. The highest BCUT2D eigenvalue weighted by Gasteiger charge is 2.54. The van der Waals surface area contributed by atoms with Gasteiger partial charge in [-0.2, -0.15) is 4.98 Å². The van der Waals surface area contributed by atoms with Gasteiger partial charge in [-0.05, 0) is 63.3 Å². The Bertz CT molecular complexity index is 533. The van der Waals surface area contributed by atoms with Gasteiger partial charge >= 0.3 is 0 Å². The van der Waals surface area contributed by atoms with Crippen LogP contribution in [0.4, 0.5) is 0 Å². The lowest BCUT2D eigenvalue weighted by molar-refractivity contribution is -0.0201. The number of likely N-dealkylation sites (N-methyl/N-ethyl adjacent to an activating group) is 1. The number of piperazine rings is 1. The van der Waals surface area contributed by atoms with Crippen molar-refractivity contribution in [2.24, 2.45) is 17.8 Å². The van der Waals surface area contributed by atoms with Gasteiger partial charge < -0.3 is 9.84 Å². The third kappa shape index (κ3) is 1.98. The molecular weight excluding hydrogens is 276 g/mol. The molecule has 22 heavy (non-hydrogen) atoms. The second-order valence-corrected chi connectivity index (χ2v) is 8.36. The van der Waals surface area contributed by atoms with Crippen molar-refractivity contribution >= 4 is 0 Å². The number of rotatable bonds is 2. The molecule has 1 aromatic rings. The quantitative estimate of drug-likeness (QED) is 0.907. The van der Waals surface area contributed by atoms with Crippen LogP contribution < -0.4 is 5.32 Å². The third-order valence-corrected chi connectivity index (χ3v) is 6.74. The Labute approximate surface area is 131 Å². The van der Waals surface area contributed by atoms with Crippen molar-refractivity contribution in [2.45, 2.75) is 50.0 Å². The zero-order valence-electron chi connectivity index (χ0n) is 13.4. The van der Waals surface area contributed by atoms with Gasteiger partial charge in [-0.3, -0.25) is 4.90 Å². The van der Waals surface area contributed by atoms with Crippen molar-refractivity contribution in [1.82, 2.24) is 20.4 Å². The predicted molar refractivity (Wildman–Crippen MR) is 82.4 cm³/mol. The van der Waals surface area contributed by atoms with Gasteiger partial charge in [0.1, 0.15) is 0 Å². The fraction of sp³-hybridized carbons (Fsp3) is 0.882. The van der Waals surface area contributed by atoms with Crippen LogP contribution in [0.1, 0.15) is 56.3 Å². The molecule has 1 aliphatic heterocycles. The summed E-state index contributed by atoms with van der Waals surface area (Å²) in [6.45, 7) is 3.02. The van der Waals surface area contributed by atoms with Crippen LogP contribution in [0.5, 0.6) is 0 Å². The van der Waals surface area contributed by atoms with E-state index in [-0.39, 0.29) is 11.5 Å². The summed E-state index contributed by atoms with van der Waals surface area (Å²) in [7, 11) is 2.16. The maximum atomic E-state index is 5.84. The number of nitrogens with one attached hydrogen (secondary N) is 1. The van der Waals surface area contributed by atoms with Crippen molar-refractivity contribution in [1.29, 1.82) is 0 Å². The molecule has 0 amide bonds. The minimum absolute atomic E-state index is 0.223. The van der Waals surface area contributed by atoms with Crippen molar-refractivity contribution in [3.63, 3.8) is 0 Å². The lowest BCUT2D eigenvalue weighted by atomic mass is 9.49. The molecule has 120 valence electrons. The average Bonchev–Trinajstić information content (AvgIpc) is 2.97. The van der Waals surface area contributed by atoms with Crippen molar-refractivity contribution in [3.05, 3.63) is 11.7 Å². The Balaban J connectivity index is 1.44. The fourth-order valence-corrected chi connectivity index (χ4v) is 6.05. The molecule has 5 heteroatoms. The highest BCUT2D eigenvalue weighted by Crippen LogP contribution is 2.60. The van der Waals surface area contributed by atoms with Gasteiger partial charge in [0.25, 0.3) is 0 Å². The first kappa shape index (κ1) is 13.5. The monoisotopic (exact) mass is 302 g/mol. The summed E-state index contributed by atoms with van der Waals surface area (Å²) < 4.78 is 5.84. The molecule has 4 bridgehead atoms. The molecule has 4 aliphatic carbocycles. The van der Waals surface area contributed by atoms with Crippen LogP contribution in [0.2, 0.25) is 0 Å². The Hall–Kier alpha value is -0.940. The maximum Gasteiger partial charge on any atom is 0.232 e. The van der Waals surface area contributed by atoms with Gasteiger partial charge in [-0.1, -0.05) is 5.16 Å². The largest absolute Gasteiger partial charge is 0.339 e. The van der Waals surface area contributed by atoms with Crippen molar-refractivity contribution < 1.29 is 4.52 Å². The van der Waals surface area contributed by atoms with Gasteiger partial charge in [-0.15, -0.1) is 0 Å². The summed E-state index contributed by atoms with van der Waals surface area (Å²) >= 11 is 0. The molecule has 5 fully saturated rings. The van der Waals surface area contributed by atoms with E-state index in [1.54, 1.807) is 0 Å². The zero-order valence-corrected chi connectivity index (χ0v) is 13.4. The predicted octanol–water partition coefficient (Wildman–Crippen LogP) is 2.11. The van der Waals surface area contributed by atoms with E-state index < -0.39 is 0 Å². The number of aromatic nitrogens is 2. The van der Waals surface area contributed by atoms with Crippen LogP contribution in [0.3, 0.4) is 0 Å². The standard InChI is InChI=1S/C17H26N4O/c1-21-3-2-18-10-14(21)15-19-16(22-20-15)17-7-11-4-12(8-17)6-13(5-11)9-17/h11-14,18H,2-10H2,1H3. The fourth-order valence-electron chi connectivity index (χ4n) is 6.05. The van der Waals surface area contributed by atoms with E-state index in [4.69, 9.17) is 9.51 Å². The molecule has 0 radical (unpaired) electrons. The number of hydrogen-bond acceptors (Lipinski definition) is 5. The van der Waals surface area contributed by atoms with E-state index in [1.807, 2.05) is 0 Å². The Morgan fingerprint density at radius 2 is 1.82 bits per heavy atom. The average molecular weight is 302 g/mol. The van der Waals surface area contributed by atoms with Crippen molar-refractivity contribution in [3.8, 4) is 0 Å². The molecule has 1 N–H and O–H groups in total. The molecule has 0 spiro atoms. The molecular formula is C17H26N4O. The zero-order chi connectivity index (χ0) is 14.7. The molecule has 2 heterocycles. The second kappa shape index (κ2) is 4.78. The van der Waals surface area contributed by atoms with E-state index in [1.165, 1.54) is 38.5 Å². The molecule has 1 atom stereocenters. The lowest BCUT2D eigenvalue weighted by Gasteiger charge is -2.55. The second-order valence-electron chi connectivity index (χ2n) is 8.36. The Morgan fingerprint density at radius 1 is 1.14 bits per heavy atom. The minimum Gasteiger partial charge on any atom is -0.339 e. The van der Waals surface area contributed by atoms with Gasteiger partial charge in [0.15, 0.2) is 5.82 Å². The number of hydrogen-bond donors (Lipinski definition) is 1. The molecule has 5 aliphatic rings. The molecule has 1 saturated heterocycles. The van der Waals surface area contributed by atoms with Gasteiger partial charge in [0.05, 0.1) is 11.5 Å². The first-order valence-electron chi connectivity index (χ1n) is 8.97. The van der Waals surface area contributed by atoms with Gasteiger partial charge in [0.2, 0.25) is 5.89 Å². The smallest absolute Gasteiger partial charge is 0.232 e. The molecule has 5 nitrogen and oxygen atoms in total. The first-order chi connectivity index (χ1) is 10.7. The number of nitrogens with zero attached hydrogens (tertiary/aromatic N) is 3. The SMILES string of the molecule is CN1CCNCC1c1noc(C23CC4CC(CC(C4)C2)C3)n1. The summed E-state index contributed by atoms with van der Waals surface area (Å²) in [6.07, 6.45) is 8.23. The van der Waals surface area contributed by atoms with Crippen molar-refractivity contribution in [2.75, 3.05) is 26.7 Å². The van der Waals surface area contributed by atoms with E-state index in [0.717, 1.165) is 49.1 Å². The Morgan fingerprint density at radius 3 is 2.45 bits per heavy atom. The lowest BCUT2D eigenvalue weighted by Crippen LogP contribution is -2.48. The van der Waals surface area contributed by atoms with Crippen LogP contribution in [0.15, 0.2) is 4.52 Å². The molecule has 6 rings (SSSR count). The minimum atomic E-state index is 0.223. The maximum absolute atomic E-state index is 5.84. The summed E-state index contributed by atoms with van der Waals surface area (Å²) in [4.78, 5) is 7.25. The highest BCUT2D eigenvalue weighted by atomic mass is 16.5. The Kier molecular flexibility index (Phi) is 2.93. The van der Waals surface area contributed by atoms with E-state index >= 15 is 0 Å². The molecule has 0 aromatic carbocycles. The molecule has 1 unspecified atom stereocenters. The topological polar surface area (TPSA) is 54.2 Å². The molecule has 4 saturated carbocycles. The van der Waals surface area contributed by atoms with Crippen LogP contribution in [-0.4, -0.2) is 41.7 Å². The normalized spacial score (nSPS) is 44.6. The first-order valence-corrected chi connectivity index (χ1v) is 8.97. The molecule has 1 aromatic heterocycles. The van der Waals surface area contributed by atoms with E-state index in [9.17, 15) is 0 Å². The van der Waals surface area contributed by atoms with Crippen LogP contribution >= 0.6 is 0 Å². The van der Waals surface area contributed by atoms with Gasteiger partial charge in [-0.25, -0.2) is 0 Å². The summed E-state index contributed by atoms with van der Waals surface area (Å²) in [6, 6.07) is 0.264. The third-order valence-electron chi connectivity index (χ3n) is 6.74. The summed E-state index contributed by atoms with van der Waals surface area (Å²) in [5.41, 5.74) is 0.223. The van der Waals surface area contributed by atoms with E-state index in [0.29, 0.717) is 0 Å². The van der Waals surface area contributed by atoms with Crippen LogP contribution in [0, 0.1) is 17.8 Å². The van der Waals surface area contributed by atoms with Crippen LogP contribution in [0.25, 0.3) is 0 Å². The van der Waals surface area contributed by atoms with Crippen LogP contribution in [-0.2, 0) is 5.41 Å². The van der Waals surface area contributed by atoms with E-state index in [2.05, 4.69) is 22.4 Å². The summed E-state index contributed by atoms with van der Waals surface area (Å²) in [5, 5.41) is 7.82. The van der Waals surface area contributed by atoms with Gasteiger partial charge in [0, 0.05) is 19.6 Å². The summed E-state index contributed by atoms with van der Waals surface area (Å²) in [5.74, 6) is 4.60.